The number of hydrogen-bond donors (Lipinski definition) is 2. The van der Waals surface area contributed by atoms with Crippen molar-refractivity contribution >= 4 is 0 Å². The summed E-state index contributed by atoms with van der Waals surface area (Å²) in [7, 11) is 0. The molecule has 0 radical (unpaired) electrons. The highest BCUT2D eigenvalue weighted by Gasteiger charge is 2.44. The maximum atomic E-state index is 9.97. The molecule has 1 saturated carbocycles. The van der Waals surface area contributed by atoms with Crippen molar-refractivity contribution in [3.8, 4) is 0 Å². The molecule has 0 aromatic carbocycles. The average Bonchev–Trinajstić information content (AvgIpc) is 2.93. The first-order chi connectivity index (χ1) is 9.58. The van der Waals surface area contributed by atoms with Crippen LogP contribution in [-0.2, 0) is 0 Å². The SMILES string of the molecule is CC(C)NCC1(CN2C3CCC2CC(O)C3)CCCC1. The van der Waals surface area contributed by atoms with Gasteiger partial charge < -0.3 is 10.4 Å². The van der Waals surface area contributed by atoms with E-state index >= 15 is 0 Å². The molecule has 0 aromatic rings. The van der Waals surface area contributed by atoms with Crippen LogP contribution in [0.3, 0.4) is 0 Å². The molecule has 2 aliphatic heterocycles. The predicted octanol–water partition coefficient (Wildman–Crippen LogP) is 2.53. The number of aliphatic hydroxyl groups excluding tert-OH is 1. The Labute approximate surface area is 124 Å². The first-order valence-corrected chi connectivity index (χ1v) is 8.75. The quantitative estimate of drug-likeness (QED) is 0.812. The standard InChI is InChI=1S/C17H32N2O/c1-13(2)18-11-17(7-3-4-8-17)12-19-14-5-6-15(19)10-16(20)9-14/h13-16,18,20H,3-12H2,1-2H3. The molecule has 2 saturated heterocycles. The minimum absolute atomic E-state index is 0.0305. The van der Waals surface area contributed by atoms with Gasteiger partial charge in [0.2, 0.25) is 0 Å². The van der Waals surface area contributed by atoms with Gasteiger partial charge in [-0.3, -0.25) is 4.90 Å². The Bertz CT molecular complexity index is 311. The third kappa shape index (κ3) is 3.05. The van der Waals surface area contributed by atoms with Crippen molar-refractivity contribution in [2.24, 2.45) is 5.41 Å². The molecule has 3 aliphatic rings. The van der Waals surface area contributed by atoms with Gasteiger partial charge in [-0.15, -0.1) is 0 Å². The molecule has 3 rings (SSSR count). The number of fused-ring (bicyclic) bond motifs is 2. The molecule has 0 spiro atoms. The van der Waals surface area contributed by atoms with Crippen LogP contribution in [0.2, 0.25) is 0 Å². The summed E-state index contributed by atoms with van der Waals surface area (Å²) in [6.07, 6.45) is 10.2. The Hall–Kier alpha value is -0.120. The molecule has 3 nitrogen and oxygen atoms in total. The van der Waals surface area contributed by atoms with Gasteiger partial charge in [-0.25, -0.2) is 0 Å². The van der Waals surface area contributed by atoms with E-state index < -0.39 is 0 Å². The molecule has 2 heterocycles. The average molecular weight is 280 g/mol. The third-order valence-corrected chi connectivity index (χ3v) is 5.93. The zero-order valence-electron chi connectivity index (χ0n) is 13.3. The van der Waals surface area contributed by atoms with E-state index in [1.54, 1.807) is 0 Å². The summed E-state index contributed by atoms with van der Waals surface area (Å²) in [6, 6.07) is 1.92. The van der Waals surface area contributed by atoms with Gasteiger partial charge in [0.05, 0.1) is 6.10 Å². The highest BCUT2D eigenvalue weighted by atomic mass is 16.3. The molecule has 0 aromatic heterocycles. The van der Waals surface area contributed by atoms with Crippen LogP contribution in [0.1, 0.15) is 65.2 Å². The Morgan fingerprint density at radius 3 is 2.30 bits per heavy atom. The summed E-state index contributed by atoms with van der Waals surface area (Å²) < 4.78 is 0. The summed E-state index contributed by atoms with van der Waals surface area (Å²) in [5.41, 5.74) is 0.507. The molecule has 2 unspecified atom stereocenters. The summed E-state index contributed by atoms with van der Waals surface area (Å²) in [6.45, 7) is 6.96. The second-order valence-electron chi connectivity index (χ2n) is 7.93. The van der Waals surface area contributed by atoms with Crippen LogP contribution in [0.15, 0.2) is 0 Å². The number of hydrogen-bond acceptors (Lipinski definition) is 3. The van der Waals surface area contributed by atoms with E-state index in [9.17, 15) is 5.11 Å². The summed E-state index contributed by atoms with van der Waals surface area (Å²) in [4.78, 5) is 2.78. The topological polar surface area (TPSA) is 35.5 Å². The van der Waals surface area contributed by atoms with E-state index in [2.05, 4.69) is 24.1 Å². The van der Waals surface area contributed by atoms with Crippen molar-refractivity contribution in [1.82, 2.24) is 10.2 Å². The largest absolute Gasteiger partial charge is 0.393 e. The molecule has 2 bridgehead atoms. The number of nitrogens with one attached hydrogen (secondary N) is 1. The van der Waals surface area contributed by atoms with E-state index in [0.717, 1.165) is 12.8 Å². The molecule has 20 heavy (non-hydrogen) atoms. The lowest BCUT2D eigenvalue weighted by molar-refractivity contribution is 0.00998. The molecule has 0 amide bonds. The van der Waals surface area contributed by atoms with Crippen LogP contribution in [0, 0.1) is 5.41 Å². The number of nitrogens with zero attached hydrogens (tertiary/aromatic N) is 1. The van der Waals surface area contributed by atoms with Crippen molar-refractivity contribution in [3.63, 3.8) is 0 Å². The van der Waals surface area contributed by atoms with E-state index in [4.69, 9.17) is 0 Å². The van der Waals surface area contributed by atoms with Crippen LogP contribution >= 0.6 is 0 Å². The van der Waals surface area contributed by atoms with E-state index in [-0.39, 0.29) is 6.10 Å². The van der Waals surface area contributed by atoms with Gasteiger partial charge in [0.15, 0.2) is 0 Å². The van der Waals surface area contributed by atoms with Gasteiger partial charge in [-0.05, 0) is 43.9 Å². The van der Waals surface area contributed by atoms with Crippen LogP contribution in [-0.4, -0.2) is 47.3 Å². The molecule has 1 aliphatic carbocycles. The Morgan fingerprint density at radius 1 is 1.15 bits per heavy atom. The fraction of sp³-hybridized carbons (Fsp3) is 1.00. The van der Waals surface area contributed by atoms with Crippen molar-refractivity contribution in [3.05, 3.63) is 0 Å². The minimum atomic E-state index is -0.0305. The van der Waals surface area contributed by atoms with Crippen LogP contribution in [0.4, 0.5) is 0 Å². The minimum Gasteiger partial charge on any atom is -0.393 e. The lowest BCUT2D eigenvalue weighted by atomic mass is 9.83. The fourth-order valence-electron chi connectivity index (χ4n) is 4.83. The lowest BCUT2D eigenvalue weighted by Gasteiger charge is -2.43. The van der Waals surface area contributed by atoms with Gasteiger partial charge in [-0.1, -0.05) is 26.7 Å². The van der Waals surface area contributed by atoms with E-state index in [0.29, 0.717) is 23.5 Å². The van der Waals surface area contributed by atoms with Crippen molar-refractivity contribution < 1.29 is 5.11 Å². The molecule has 2 atom stereocenters. The second-order valence-corrected chi connectivity index (χ2v) is 7.93. The van der Waals surface area contributed by atoms with Gasteiger partial charge >= 0.3 is 0 Å². The Kier molecular flexibility index (Phi) is 4.40. The molecular formula is C17H32N2O. The van der Waals surface area contributed by atoms with Crippen molar-refractivity contribution in [2.75, 3.05) is 13.1 Å². The summed E-state index contributed by atoms with van der Waals surface area (Å²) in [5.74, 6) is 0. The molecule has 2 N–H and O–H groups in total. The van der Waals surface area contributed by atoms with Crippen molar-refractivity contribution in [1.29, 1.82) is 0 Å². The molecular weight excluding hydrogens is 248 g/mol. The van der Waals surface area contributed by atoms with E-state index in [1.165, 1.54) is 51.6 Å². The zero-order valence-corrected chi connectivity index (χ0v) is 13.3. The third-order valence-electron chi connectivity index (χ3n) is 5.93. The van der Waals surface area contributed by atoms with Gasteiger partial charge in [-0.2, -0.15) is 0 Å². The zero-order chi connectivity index (χ0) is 14.2. The predicted molar refractivity (Wildman–Crippen MR) is 82.8 cm³/mol. The van der Waals surface area contributed by atoms with Gasteiger partial charge in [0, 0.05) is 31.2 Å². The monoisotopic (exact) mass is 280 g/mol. The van der Waals surface area contributed by atoms with Gasteiger partial charge in [0.25, 0.3) is 0 Å². The highest BCUT2D eigenvalue weighted by molar-refractivity contribution is 4.99. The number of aliphatic hydroxyl groups is 1. The van der Waals surface area contributed by atoms with Crippen molar-refractivity contribution in [2.45, 2.75) is 89.4 Å². The number of piperidine rings is 1. The lowest BCUT2D eigenvalue weighted by Crippen LogP contribution is -2.51. The fourth-order valence-corrected chi connectivity index (χ4v) is 4.83. The normalized spacial score (nSPS) is 36.9. The van der Waals surface area contributed by atoms with Crippen LogP contribution < -0.4 is 5.32 Å². The molecule has 3 heteroatoms. The van der Waals surface area contributed by atoms with E-state index in [1.807, 2.05) is 0 Å². The highest BCUT2D eigenvalue weighted by Crippen LogP contribution is 2.43. The maximum absolute atomic E-state index is 9.97. The number of rotatable bonds is 5. The first kappa shape index (κ1) is 14.8. The molecule has 116 valence electrons. The van der Waals surface area contributed by atoms with Crippen LogP contribution in [0.25, 0.3) is 0 Å². The van der Waals surface area contributed by atoms with Crippen LogP contribution in [0.5, 0.6) is 0 Å². The Balaban J connectivity index is 1.65. The molecule has 3 fully saturated rings. The summed E-state index contributed by atoms with van der Waals surface area (Å²) >= 11 is 0. The summed E-state index contributed by atoms with van der Waals surface area (Å²) in [5, 5.41) is 13.7. The second kappa shape index (κ2) is 5.94. The first-order valence-electron chi connectivity index (χ1n) is 8.75. The Morgan fingerprint density at radius 2 is 1.75 bits per heavy atom. The maximum Gasteiger partial charge on any atom is 0.0570 e. The smallest absolute Gasteiger partial charge is 0.0570 e. The van der Waals surface area contributed by atoms with Gasteiger partial charge in [0.1, 0.15) is 0 Å².